The predicted octanol–water partition coefficient (Wildman–Crippen LogP) is 2.07. The van der Waals surface area contributed by atoms with Crippen LogP contribution in [-0.4, -0.2) is 0 Å². The number of rotatable bonds is 1. The van der Waals surface area contributed by atoms with E-state index in [9.17, 15) is 0 Å². The maximum absolute atomic E-state index is 3.60. The third-order valence-electron chi connectivity index (χ3n) is 0.354. The van der Waals surface area contributed by atoms with Crippen molar-refractivity contribution in [3.05, 3.63) is 14.4 Å². The second-order valence-corrected chi connectivity index (χ2v) is 0.854. The van der Waals surface area contributed by atoms with Crippen LogP contribution in [0.5, 0.6) is 0 Å². The van der Waals surface area contributed by atoms with E-state index < -0.39 is 0 Å². The third kappa shape index (κ3) is 22.1. The minimum Gasteiger partial charge on any atom is -0.358 e. The molecule has 0 bridgehead atoms. The molecule has 0 heterocycles. The molecule has 0 aromatic heterocycles. The number of hydrogen-bond donors (Lipinski definition) is 0. The Bertz CT molecular complexity index is 5.90. The standard InChI is InChI=1S/C4H9.CH3.Ti/c1-3-4-2;;/h1,3-4H2,2H3;1H3;/q2*-1;+2. The Morgan fingerprint density at radius 2 is 1.67 bits per heavy atom. The summed E-state index contributed by atoms with van der Waals surface area (Å²) in [4.78, 5) is 0. The molecule has 0 unspecified atom stereocenters. The van der Waals surface area contributed by atoms with E-state index in [1.165, 1.54) is 6.42 Å². The van der Waals surface area contributed by atoms with Crippen LogP contribution in [0.4, 0.5) is 0 Å². The minimum absolute atomic E-state index is 0. The van der Waals surface area contributed by atoms with Crippen LogP contribution in [0, 0.1) is 14.4 Å². The quantitative estimate of drug-likeness (QED) is 0.367. The maximum Gasteiger partial charge on any atom is 2.00 e. The van der Waals surface area contributed by atoms with Crippen LogP contribution in [0.15, 0.2) is 0 Å². The molecule has 0 aliphatic rings. The van der Waals surface area contributed by atoms with Gasteiger partial charge in [0.25, 0.3) is 0 Å². The molecular formula is C5H12Ti. The molecule has 36 valence electrons. The Labute approximate surface area is 56.2 Å². The Balaban J connectivity index is -0.0000000450. The van der Waals surface area contributed by atoms with Crippen LogP contribution in [0.1, 0.15) is 19.8 Å². The molecule has 0 radical (unpaired) electrons. The fraction of sp³-hybridized carbons (Fsp3) is 0.600. The molecule has 0 aromatic carbocycles. The van der Waals surface area contributed by atoms with Crippen molar-refractivity contribution in [3.63, 3.8) is 0 Å². The van der Waals surface area contributed by atoms with E-state index in [4.69, 9.17) is 0 Å². The van der Waals surface area contributed by atoms with Crippen molar-refractivity contribution >= 4 is 0 Å². The molecule has 0 atom stereocenters. The number of hydrogen-bond acceptors (Lipinski definition) is 0. The summed E-state index contributed by atoms with van der Waals surface area (Å²) in [7, 11) is 0. The van der Waals surface area contributed by atoms with Gasteiger partial charge in [0.2, 0.25) is 0 Å². The van der Waals surface area contributed by atoms with Crippen LogP contribution < -0.4 is 0 Å². The van der Waals surface area contributed by atoms with E-state index in [1.807, 2.05) is 0 Å². The molecule has 0 nitrogen and oxygen atoms in total. The zero-order valence-corrected chi connectivity index (χ0v) is 6.18. The van der Waals surface area contributed by atoms with Gasteiger partial charge in [-0.2, -0.15) is 6.42 Å². The van der Waals surface area contributed by atoms with Crippen molar-refractivity contribution in [1.82, 2.24) is 0 Å². The van der Waals surface area contributed by atoms with Gasteiger partial charge < -0.3 is 14.4 Å². The summed E-state index contributed by atoms with van der Waals surface area (Å²) in [5.74, 6) is 0. The van der Waals surface area contributed by atoms with Crippen molar-refractivity contribution < 1.29 is 21.7 Å². The SMILES string of the molecule is [CH2-]CCC.[CH3-].[Ti+2]. The average molecular weight is 120 g/mol. The van der Waals surface area contributed by atoms with Gasteiger partial charge in [-0.3, -0.25) is 0 Å². The molecule has 0 aliphatic heterocycles. The van der Waals surface area contributed by atoms with Crippen molar-refractivity contribution in [3.8, 4) is 0 Å². The second kappa shape index (κ2) is 17.2. The molecule has 0 saturated heterocycles. The van der Waals surface area contributed by atoms with E-state index in [0.29, 0.717) is 0 Å². The van der Waals surface area contributed by atoms with E-state index in [2.05, 4.69) is 13.8 Å². The first-order chi connectivity index (χ1) is 1.91. The summed E-state index contributed by atoms with van der Waals surface area (Å²) in [5.41, 5.74) is 0. The fourth-order valence-electron chi connectivity index (χ4n) is 0. The molecule has 1 heteroatoms. The van der Waals surface area contributed by atoms with Crippen LogP contribution in [0.25, 0.3) is 0 Å². The first-order valence-corrected chi connectivity index (χ1v) is 1.71. The van der Waals surface area contributed by atoms with E-state index in [-0.39, 0.29) is 29.1 Å². The Kier molecular flexibility index (Phi) is 45.7. The number of unbranched alkanes of at least 4 members (excludes halogenated alkanes) is 1. The smallest absolute Gasteiger partial charge is 0.358 e. The maximum atomic E-state index is 3.60. The van der Waals surface area contributed by atoms with E-state index in [0.717, 1.165) is 6.42 Å². The van der Waals surface area contributed by atoms with Crippen LogP contribution >= 0.6 is 0 Å². The molecule has 0 rings (SSSR count). The molecule has 0 spiro atoms. The summed E-state index contributed by atoms with van der Waals surface area (Å²) < 4.78 is 0. The summed E-state index contributed by atoms with van der Waals surface area (Å²) in [6.45, 7) is 5.72. The van der Waals surface area contributed by atoms with Gasteiger partial charge in [0.1, 0.15) is 0 Å². The first kappa shape index (κ1) is 15.9. The van der Waals surface area contributed by atoms with Crippen molar-refractivity contribution in [2.24, 2.45) is 0 Å². The molecule has 6 heavy (non-hydrogen) atoms. The van der Waals surface area contributed by atoms with Crippen LogP contribution in [0.3, 0.4) is 0 Å². The summed E-state index contributed by atoms with van der Waals surface area (Å²) in [6, 6.07) is 0. The van der Waals surface area contributed by atoms with Gasteiger partial charge in [0, 0.05) is 0 Å². The van der Waals surface area contributed by atoms with Gasteiger partial charge in [0.15, 0.2) is 0 Å². The Morgan fingerprint density at radius 3 is 1.67 bits per heavy atom. The fourth-order valence-corrected chi connectivity index (χ4v) is 0. The second-order valence-electron chi connectivity index (χ2n) is 0.854. The molecule has 0 fully saturated rings. The van der Waals surface area contributed by atoms with Crippen LogP contribution in [-0.2, 0) is 21.7 Å². The van der Waals surface area contributed by atoms with Crippen molar-refractivity contribution in [2.45, 2.75) is 19.8 Å². The minimum atomic E-state index is 0. The Hall–Kier alpha value is 0.714. The topological polar surface area (TPSA) is 0 Å². The van der Waals surface area contributed by atoms with Gasteiger partial charge in [0.05, 0.1) is 0 Å². The molecule has 0 aromatic rings. The van der Waals surface area contributed by atoms with Crippen LogP contribution in [0.2, 0.25) is 0 Å². The molecule has 0 aliphatic carbocycles. The summed E-state index contributed by atoms with van der Waals surface area (Å²) in [5, 5.41) is 0. The average Bonchev–Trinajstić information content (AvgIpc) is 1.37. The van der Waals surface area contributed by atoms with Gasteiger partial charge in [-0.1, -0.05) is 13.3 Å². The summed E-state index contributed by atoms with van der Waals surface area (Å²) in [6.07, 6.45) is 2.28. The zero-order chi connectivity index (χ0) is 3.41. The zero-order valence-electron chi connectivity index (χ0n) is 4.62. The van der Waals surface area contributed by atoms with Crippen molar-refractivity contribution in [2.75, 3.05) is 0 Å². The predicted molar refractivity (Wildman–Crippen MR) is 26.7 cm³/mol. The normalized spacial score (nSPS) is 5.00. The van der Waals surface area contributed by atoms with Crippen molar-refractivity contribution in [1.29, 1.82) is 0 Å². The first-order valence-electron chi connectivity index (χ1n) is 1.71. The monoisotopic (exact) mass is 120 g/mol. The third-order valence-corrected chi connectivity index (χ3v) is 0.354. The molecule has 0 N–H and O–H groups in total. The van der Waals surface area contributed by atoms with Gasteiger partial charge >= 0.3 is 21.7 Å². The summed E-state index contributed by atoms with van der Waals surface area (Å²) >= 11 is 0. The molecular weight excluding hydrogens is 108 g/mol. The Morgan fingerprint density at radius 1 is 1.50 bits per heavy atom. The molecule has 0 saturated carbocycles. The van der Waals surface area contributed by atoms with Gasteiger partial charge in [-0.05, 0) is 0 Å². The van der Waals surface area contributed by atoms with Gasteiger partial charge in [-0.15, -0.1) is 0 Å². The largest absolute Gasteiger partial charge is 2.00 e. The van der Waals surface area contributed by atoms with E-state index >= 15 is 0 Å². The van der Waals surface area contributed by atoms with E-state index in [1.54, 1.807) is 0 Å². The molecule has 0 amide bonds. The van der Waals surface area contributed by atoms with Gasteiger partial charge in [-0.25, -0.2) is 0 Å².